The van der Waals surface area contributed by atoms with Gasteiger partial charge in [-0.25, -0.2) is 9.97 Å². The molecule has 0 radical (unpaired) electrons. The molecule has 0 saturated heterocycles. The second kappa shape index (κ2) is 7.31. The number of thioether (sulfide) groups is 1. The van der Waals surface area contributed by atoms with E-state index < -0.39 is 0 Å². The van der Waals surface area contributed by atoms with Crippen molar-refractivity contribution in [3.8, 4) is 11.4 Å². The van der Waals surface area contributed by atoms with Gasteiger partial charge < -0.3 is 4.74 Å². The molecule has 0 bridgehead atoms. The molecular formula is C18H14ClN5OS. The summed E-state index contributed by atoms with van der Waals surface area (Å²) in [6.07, 6.45) is 1.53. The molecule has 2 aromatic carbocycles. The Morgan fingerprint density at radius 3 is 2.73 bits per heavy atom. The third-order valence-electron chi connectivity index (χ3n) is 3.79. The quantitative estimate of drug-likeness (QED) is 0.380. The Balaban J connectivity index is 1.64. The maximum Gasteiger partial charge on any atom is 0.187 e. The number of hydrogen-bond donors (Lipinski definition) is 0. The van der Waals surface area contributed by atoms with Crippen molar-refractivity contribution < 1.29 is 4.74 Å². The van der Waals surface area contributed by atoms with Crippen LogP contribution in [0.3, 0.4) is 0 Å². The molecule has 8 heteroatoms. The number of benzene rings is 2. The second-order valence-electron chi connectivity index (χ2n) is 5.47. The van der Waals surface area contributed by atoms with Crippen LogP contribution in [0.25, 0.3) is 16.9 Å². The number of halogens is 1. The van der Waals surface area contributed by atoms with Gasteiger partial charge in [0.05, 0.1) is 12.8 Å². The van der Waals surface area contributed by atoms with E-state index in [1.807, 2.05) is 48.5 Å². The van der Waals surface area contributed by atoms with Gasteiger partial charge in [0.15, 0.2) is 11.2 Å². The van der Waals surface area contributed by atoms with Crippen LogP contribution in [-0.2, 0) is 5.75 Å². The number of rotatable bonds is 5. The average molecular weight is 384 g/mol. The highest BCUT2D eigenvalue weighted by Crippen LogP contribution is 2.27. The maximum absolute atomic E-state index is 6.04. The van der Waals surface area contributed by atoms with Crippen LogP contribution in [0.1, 0.15) is 5.56 Å². The summed E-state index contributed by atoms with van der Waals surface area (Å²) in [5.41, 5.74) is 3.32. The number of fused-ring (bicyclic) bond motifs is 1. The molecule has 0 aliphatic rings. The molecule has 2 aromatic heterocycles. The molecule has 0 spiro atoms. The van der Waals surface area contributed by atoms with Gasteiger partial charge in [-0.3, -0.25) is 0 Å². The van der Waals surface area contributed by atoms with E-state index in [9.17, 15) is 0 Å². The lowest BCUT2D eigenvalue weighted by Gasteiger charge is -2.04. The van der Waals surface area contributed by atoms with Crippen molar-refractivity contribution in [3.05, 3.63) is 65.4 Å². The van der Waals surface area contributed by atoms with Crippen LogP contribution in [0.5, 0.6) is 5.75 Å². The zero-order valence-electron chi connectivity index (χ0n) is 13.8. The van der Waals surface area contributed by atoms with Crippen molar-refractivity contribution in [3.63, 3.8) is 0 Å². The molecule has 0 aliphatic carbocycles. The summed E-state index contributed by atoms with van der Waals surface area (Å²) < 4.78 is 6.89. The van der Waals surface area contributed by atoms with Gasteiger partial charge >= 0.3 is 0 Å². The second-order valence-corrected chi connectivity index (χ2v) is 6.87. The molecule has 0 unspecified atom stereocenters. The Morgan fingerprint density at radius 2 is 1.96 bits per heavy atom. The molecule has 6 nitrogen and oxygen atoms in total. The highest BCUT2D eigenvalue weighted by atomic mass is 35.5. The zero-order valence-corrected chi connectivity index (χ0v) is 15.4. The summed E-state index contributed by atoms with van der Waals surface area (Å²) in [5.74, 6) is 1.52. The molecule has 0 N–H and O–H groups in total. The number of nitrogens with zero attached hydrogens (tertiary/aromatic N) is 5. The normalized spacial score (nSPS) is 11.0. The lowest BCUT2D eigenvalue weighted by atomic mass is 10.2. The largest absolute Gasteiger partial charge is 0.497 e. The number of ether oxygens (including phenoxy) is 1. The van der Waals surface area contributed by atoms with Gasteiger partial charge in [-0.1, -0.05) is 40.7 Å². The Hall–Kier alpha value is -2.64. The third kappa shape index (κ3) is 3.36. The minimum absolute atomic E-state index is 0.666. The molecule has 4 aromatic rings. The van der Waals surface area contributed by atoms with Crippen molar-refractivity contribution in [2.75, 3.05) is 7.11 Å². The topological polar surface area (TPSA) is 65.7 Å². The summed E-state index contributed by atoms with van der Waals surface area (Å²) in [6.45, 7) is 0. The first-order valence-electron chi connectivity index (χ1n) is 7.82. The minimum atomic E-state index is 0.666. The number of aromatic nitrogens is 5. The standard InChI is InChI=1S/C18H14ClN5OS/c1-25-15-7-5-14(6-8-15)24-17-16(22-23-24)18(21-11-20-17)26-10-12-3-2-4-13(19)9-12/h2-9,11H,10H2,1H3. The van der Waals surface area contributed by atoms with Crippen LogP contribution in [0.4, 0.5) is 0 Å². The van der Waals surface area contributed by atoms with Crippen molar-refractivity contribution in [1.82, 2.24) is 25.0 Å². The lowest BCUT2D eigenvalue weighted by molar-refractivity contribution is 0.414. The molecule has 4 rings (SSSR count). The van der Waals surface area contributed by atoms with E-state index in [2.05, 4.69) is 20.3 Å². The maximum atomic E-state index is 6.04. The van der Waals surface area contributed by atoms with Crippen LogP contribution in [-0.4, -0.2) is 32.1 Å². The molecule has 0 fully saturated rings. The zero-order chi connectivity index (χ0) is 17.9. The first kappa shape index (κ1) is 16.8. The van der Waals surface area contributed by atoms with Crippen molar-refractivity contribution >= 4 is 34.5 Å². The molecule has 0 saturated carbocycles. The van der Waals surface area contributed by atoms with E-state index in [0.29, 0.717) is 11.2 Å². The number of hydrogen-bond acceptors (Lipinski definition) is 6. The van der Waals surface area contributed by atoms with Crippen molar-refractivity contribution in [2.24, 2.45) is 0 Å². The molecule has 0 aliphatic heterocycles. The fraction of sp³-hybridized carbons (Fsp3) is 0.111. The lowest BCUT2D eigenvalue weighted by Crippen LogP contribution is -1.98. The highest BCUT2D eigenvalue weighted by Gasteiger charge is 2.13. The predicted octanol–water partition coefficient (Wildman–Crippen LogP) is 4.16. The van der Waals surface area contributed by atoms with Gasteiger partial charge in [-0.15, -0.1) is 5.10 Å². The Morgan fingerprint density at radius 1 is 1.12 bits per heavy atom. The van der Waals surface area contributed by atoms with Gasteiger partial charge in [-0.05, 0) is 42.0 Å². The Kier molecular flexibility index (Phi) is 4.73. The van der Waals surface area contributed by atoms with Gasteiger partial charge in [0, 0.05) is 10.8 Å². The monoisotopic (exact) mass is 383 g/mol. The summed E-state index contributed by atoms with van der Waals surface area (Å²) in [7, 11) is 1.64. The molecule has 2 heterocycles. The van der Waals surface area contributed by atoms with Crippen LogP contribution in [0.15, 0.2) is 59.9 Å². The van der Waals surface area contributed by atoms with Crippen LogP contribution < -0.4 is 4.74 Å². The first-order valence-corrected chi connectivity index (χ1v) is 9.19. The van der Waals surface area contributed by atoms with Gasteiger partial charge in [-0.2, -0.15) is 4.68 Å². The average Bonchev–Trinajstić information content (AvgIpc) is 3.11. The van der Waals surface area contributed by atoms with Crippen LogP contribution in [0.2, 0.25) is 5.02 Å². The first-order chi connectivity index (χ1) is 12.7. The number of methoxy groups -OCH3 is 1. The van der Waals surface area contributed by atoms with E-state index >= 15 is 0 Å². The van der Waals surface area contributed by atoms with E-state index in [4.69, 9.17) is 16.3 Å². The van der Waals surface area contributed by atoms with Gasteiger partial charge in [0.2, 0.25) is 0 Å². The van der Waals surface area contributed by atoms with Crippen LogP contribution >= 0.6 is 23.4 Å². The fourth-order valence-electron chi connectivity index (χ4n) is 2.51. The van der Waals surface area contributed by atoms with E-state index in [1.54, 1.807) is 23.6 Å². The van der Waals surface area contributed by atoms with E-state index in [-0.39, 0.29) is 0 Å². The fourth-order valence-corrected chi connectivity index (χ4v) is 3.60. The summed E-state index contributed by atoms with van der Waals surface area (Å²) >= 11 is 7.63. The predicted molar refractivity (Wildman–Crippen MR) is 102 cm³/mol. The molecule has 0 atom stereocenters. The van der Waals surface area contributed by atoms with Crippen molar-refractivity contribution in [2.45, 2.75) is 10.8 Å². The van der Waals surface area contributed by atoms with Crippen molar-refractivity contribution in [1.29, 1.82) is 0 Å². The Labute approximate surface area is 159 Å². The molecule has 130 valence electrons. The van der Waals surface area contributed by atoms with Gasteiger partial charge in [0.1, 0.15) is 17.1 Å². The Bertz CT molecular complexity index is 1050. The highest BCUT2D eigenvalue weighted by molar-refractivity contribution is 7.98. The smallest absolute Gasteiger partial charge is 0.187 e. The summed E-state index contributed by atoms with van der Waals surface area (Å²) in [5, 5.41) is 10.0. The third-order valence-corrected chi connectivity index (χ3v) is 5.07. The minimum Gasteiger partial charge on any atom is -0.497 e. The molecule has 0 amide bonds. The van der Waals surface area contributed by atoms with Crippen LogP contribution in [0, 0.1) is 0 Å². The molecular weight excluding hydrogens is 370 g/mol. The molecule has 26 heavy (non-hydrogen) atoms. The van der Waals surface area contributed by atoms with E-state index in [0.717, 1.165) is 32.8 Å². The SMILES string of the molecule is COc1ccc(-n2nnc3c(SCc4cccc(Cl)c4)ncnc32)cc1. The van der Waals surface area contributed by atoms with E-state index in [1.165, 1.54) is 6.33 Å². The van der Waals surface area contributed by atoms with Gasteiger partial charge in [0.25, 0.3) is 0 Å². The summed E-state index contributed by atoms with van der Waals surface area (Å²) in [4.78, 5) is 8.71. The summed E-state index contributed by atoms with van der Waals surface area (Å²) in [6, 6.07) is 15.3.